The van der Waals surface area contributed by atoms with Crippen LogP contribution in [0.2, 0.25) is 10.0 Å². The molecule has 2 amide bonds. The van der Waals surface area contributed by atoms with Gasteiger partial charge in [-0.3, -0.25) is 14.4 Å². The van der Waals surface area contributed by atoms with Crippen LogP contribution in [0.25, 0.3) is 0 Å². The molecular formula is C25H20Cl2N2O5. The van der Waals surface area contributed by atoms with E-state index < -0.39 is 29.9 Å². The first-order valence-electron chi connectivity index (χ1n) is 10.5. The Balaban J connectivity index is 1.64. The third kappa shape index (κ3) is 3.57. The molecule has 0 unspecified atom stereocenters. The molecule has 0 saturated carbocycles. The quantitative estimate of drug-likeness (QED) is 0.458. The van der Waals surface area contributed by atoms with Crippen LogP contribution in [0.4, 0.5) is 11.4 Å². The number of hydroxylamine groups is 1. The number of ether oxygens (including phenoxy) is 2. The van der Waals surface area contributed by atoms with Gasteiger partial charge in [0.1, 0.15) is 23.5 Å². The van der Waals surface area contributed by atoms with Gasteiger partial charge < -0.3 is 9.47 Å². The monoisotopic (exact) mass is 498 g/mol. The van der Waals surface area contributed by atoms with E-state index >= 15 is 0 Å². The second-order valence-corrected chi connectivity index (χ2v) is 8.69. The molecule has 0 N–H and O–H groups in total. The summed E-state index contributed by atoms with van der Waals surface area (Å²) in [4.78, 5) is 34.5. The summed E-state index contributed by atoms with van der Waals surface area (Å²) in [6.45, 7) is 0. The Labute approximate surface area is 206 Å². The van der Waals surface area contributed by atoms with E-state index in [-0.39, 0.29) is 5.02 Å². The molecule has 9 heteroatoms. The van der Waals surface area contributed by atoms with E-state index in [9.17, 15) is 9.59 Å². The zero-order valence-corrected chi connectivity index (χ0v) is 19.8. The Hall–Kier alpha value is -3.26. The molecule has 0 spiro atoms. The highest BCUT2D eigenvalue weighted by Crippen LogP contribution is 2.50. The number of fused-ring (bicyclic) bond motifs is 1. The van der Waals surface area contributed by atoms with Gasteiger partial charge in [-0.2, -0.15) is 0 Å². The second kappa shape index (κ2) is 8.83. The Kier molecular flexibility index (Phi) is 5.85. The van der Waals surface area contributed by atoms with Crippen molar-refractivity contribution in [3.8, 4) is 11.5 Å². The second-order valence-electron chi connectivity index (χ2n) is 7.88. The Morgan fingerprint density at radius 2 is 1.59 bits per heavy atom. The lowest BCUT2D eigenvalue weighted by Crippen LogP contribution is -2.37. The number of benzene rings is 3. The number of hydrogen-bond acceptors (Lipinski definition) is 6. The molecule has 2 saturated heterocycles. The summed E-state index contributed by atoms with van der Waals surface area (Å²) in [6.07, 6.45) is -1.02. The fraction of sp³-hybridized carbons (Fsp3) is 0.200. The molecule has 2 fully saturated rings. The summed E-state index contributed by atoms with van der Waals surface area (Å²) < 4.78 is 11.0. The first-order valence-corrected chi connectivity index (χ1v) is 11.3. The van der Waals surface area contributed by atoms with Gasteiger partial charge in [0, 0.05) is 5.56 Å². The summed E-state index contributed by atoms with van der Waals surface area (Å²) in [5.41, 5.74) is 1.70. The number of anilines is 2. The fourth-order valence-electron chi connectivity index (χ4n) is 4.48. The van der Waals surface area contributed by atoms with Crippen molar-refractivity contribution in [1.29, 1.82) is 0 Å². The van der Waals surface area contributed by atoms with E-state index in [1.54, 1.807) is 49.6 Å². The number of carbonyl (C=O) groups is 2. The van der Waals surface area contributed by atoms with Gasteiger partial charge in [0.2, 0.25) is 5.91 Å². The lowest BCUT2D eigenvalue weighted by atomic mass is 9.89. The summed E-state index contributed by atoms with van der Waals surface area (Å²) in [6, 6.07) is 18.6. The molecule has 3 aromatic rings. The van der Waals surface area contributed by atoms with Crippen LogP contribution in [-0.2, 0) is 14.4 Å². The van der Waals surface area contributed by atoms with Gasteiger partial charge in [0.05, 0.1) is 35.6 Å². The normalized spacial score (nSPS) is 21.7. The minimum Gasteiger partial charge on any atom is -0.497 e. The average Bonchev–Trinajstić information content (AvgIpc) is 3.37. The molecule has 34 heavy (non-hydrogen) atoms. The van der Waals surface area contributed by atoms with E-state index in [0.29, 0.717) is 33.5 Å². The minimum atomic E-state index is -1.02. The Bertz CT molecular complexity index is 1270. The number of amides is 2. The van der Waals surface area contributed by atoms with Crippen molar-refractivity contribution in [1.82, 2.24) is 0 Å². The van der Waals surface area contributed by atoms with Crippen molar-refractivity contribution >= 4 is 46.4 Å². The largest absolute Gasteiger partial charge is 0.497 e. The summed E-state index contributed by atoms with van der Waals surface area (Å²) >= 11 is 12.2. The smallest absolute Gasteiger partial charge is 0.266 e. The van der Waals surface area contributed by atoms with Crippen LogP contribution < -0.4 is 19.4 Å². The van der Waals surface area contributed by atoms with Crippen molar-refractivity contribution in [2.45, 2.75) is 12.1 Å². The predicted octanol–water partition coefficient (Wildman–Crippen LogP) is 5.06. The van der Waals surface area contributed by atoms with E-state index in [0.717, 1.165) is 4.90 Å². The van der Waals surface area contributed by atoms with Crippen molar-refractivity contribution < 1.29 is 23.9 Å². The lowest BCUT2D eigenvalue weighted by Gasteiger charge is -2.29. The molecule has 0 aliphatic carbocycles. The molecule has 0 radical (unpaired) electrons. The van der Waals surface area contributed by atoms with Crippen LogP contribution in [0.5, 0.6) is 11.5 Å². The SMILES string of the molecule is COc1ccc(OC)c([C@@H]2[C@@H]3C(=O)N(c4ccc(Cl)c(Cl)c4)C(=O)[C@@H]3ON2c2ccccc2)c1. The first-order chi connectivity index (χ1) is 16.4. The highest BCUT2D eigenvalue weighted by atomic mass is 35.5. The van der Waals surface area contributed by atoms with Crippen LogP contribution in [-0.4, -0.2) is 32.1 Å². The molecule has 0 bridgehead atoms. The maximum absolute atomic E-state index is 13.8. The summed E-state index contributed by atoms with van der Waals surface area (Å²) in [5, 5.41) is 2.18. The minimum absolute atomic E-state index is 0.245. The number of halogens is 2. The molecule has 3 aromatic carbocycles. The van der Waals surface area contributed by atoms with Gasteiger partial charge in [-0.1, -0.05) is 41.4 Å². The van der Waals surface area contributed by atoms with Gasteiger partial charge in [-0.25, -0.2) is 9.96 Å². The molecule has 0 aromatic heterocycles. The maximum Gasteiger partial charge on any atom is 0.266 e. The van der Waals surface area contributed by atoms with Gasteiger partial charge >= 0.3 is 0 Å². The number of para-hydroxylation sites is 1. The van der Waals surface area contributed by atoms with E-state index in [1.165, 1.54) is 6.07 Å². The van der Waals surface area contributed by atoms with Crippen LogP contribution >= 0.6 is 23.2 Å². The van der Waals surface area contributed by atoms with Gasteiger partial charge in [-0.05, 0) is 48.5 Å². The Morgan fingerprint density at radius 1 is 0.824 bits per heavy atom. The van der Waals surface area contributed by atoms with Crippen LogP contribution in [0.3, 0.4) is 0 Å². The standard InChI is InChI=1S/C25H20Cl2N2O5/c1-32-16-9-11-20(33-2)17(13-16)22-21-23(34-29(22)14-6-4-3-5-7-14)25(31)28(24(21)30)15-8-10-18(26)19(27)12-15/h3-13,21-23H,1-2H3/t21-,22+,23+/m0/s1. The summed E-state index contributed by atoms with van der Waals surface area (Å²) in [7, 11) is 3.11. The van der Waals surface area contributed by atoms with Crippen LogP contribution in [0.15, 0.2) is 66.7 Å². The Morgan fingerprint density at radius 3 is 2.26 bits per heavy atom. The number of rotatable bonds is 5. The van der Waals surface area contributed by atoms with Crippen molar-refractivity contribution in [3.63, 3.8) is 0 Å². The molecule has 7 nitrogen and oxygen atoms in total. The van der Waals surface area contributed by atoms with Crippen molar-refractivity contribution in [2.75, 3.05) is 24.2 Å². The molecule has 2 heterocycles. The van der Waals surface area contributed by atoms with E-state index in [1.807, 2.05) is 30.3 Å². The van der Waals surface area contributed by atoms with E-state index in [4.69, 9.17) is 37.5 Å². The van der Waals surface area contributed by atoms with Crippen molar-refractivity contribution in [3.05, 3.63) is 82.3 Å². The number of carbonyl (C=O) groups excluding carboxylic acids is 2. The molecule has 3 atom stereocenters. The lowest BCUT2D eigenvalue weighted by molar-refractivity contribution is -0.126. The molecule has 2 aliphatic heterocycles. The number of imide groups is 1. The number of nitrogens with zero attached hydrogens (tertiary/aromatic N) is 2. The zero-order valence-electron chi connectivity index (χ0n) is 18.3. The zero-order chi connectivity index (χ0) is 24.0. The van der Waals surface area contributed by atoms with Crippen LogP contribution in [0.1, 0.15) is 11.6 Å². The average molecular weight is 499 g/mol. The van der Waals surface area contributed by atoms with Gasteiger partial charge in [0.25, 0.3) is 5.91 Å². The highest BCUT2D eigenvalue weighted by molar-refractivity contribution is 6.42. The first kappa shape index (κ1) is 22.5. The summed E-state index contributed by atoms with van der Waals surface area (Å²) in [5.74, 6) is -0.571. The predicted molar refractivity (Wildman–Crippen MR) is 129 cm³/mol. The van der Waals surface area contributed by atoms with Gasteiger partial charge in [0.15, 0.2) is 6.10 Å². The number of hydrogen-bond donors (Lipinski definition) is 0. The highest BCUT2D eigenvalue weighted by Gasteiger charge is 2.60. The molecule has 5 rings (SSSR count). The van der Waals surface area contributed by atoms with Crippen LogP contribution in [0, 0.1) is 5.92 Å². The van der Waals surface area contributed by atoms with Crippen molar-refractivity contribution in [2.24, 2.45) is 5.92 Å². The molecule has 174 valence electrons. The maximum atomic E-state index is 13.8. The molecule has 2 aliphatic rings. The van der Waals surface area contributed by atoms with E-state index in [2.05, 4.69) is 0 Å². The number of methoxy groups -OCH3 is 2. The van der Waals surface area contributed by atoms with Gasteiger partial charge in [-0.15, -0.1) is 0 Å². The third-order valence-corrected chi connectivity index (χ3v) is 6.78. The fourth-order valence-corrected chi connectivity index (χ4v) is 4.77. The topological polar surface area (TPSA) is 68.3 Å². The third-order valence-electron chi connectivity index (χ3n) is 6.04. The molecular weight excluding hydrogens is 479 g/mol.